The molecule has 2 aromatic rings. The van der Waals surface area contributed by atoms with Crippen LogP contribution in [0, 0.1) is 5.82 Å². The van der Waals surface area contributed by atoms with Crippen molar-refractivity contribution in [3.63, 3.8) is 0 Å². The maximum absolute atomic E-state index is 13.1. The number of halogens is 2. The van der Waals surface area contributed by atoms with Crippen molar-refractivity contribution in [2.75, 3.05) is 13.6 Å². The molecule has 0 fully saturated rings. The highest BCUT2D eigenvalue weighted by atomic mass is 35.5. The highest BCUT2D eigenvalue weighted by molar-refractivity contribution is 6.30. The Morgan fingerprint density at radius 2 is 1.87 bits per heavy atom. The lowest BCUT2D eigenvalue weighted by Crippen LogP contribution is -2.37. The Bertz CT molecular complexity index is 704. The summed E-state index contributed by atoms with van der Waals surface area (Å²) in [5, 5.41) is 3.11. The summed E-state index contributed by atoms with van der Waals surface area (Å²) in [7, 11) is 1.64. The van der Waals surface area contributed by atoms with Gasteiger partial charge in [0.25, 0.3) is 5.91 Å². The Morgan fingerprint density at radius 1 is 1.17 bits per heavy atom. The highest BCUT2D eigenvalue weighted by Gasteiger charge is 2.12. The molecule has 23 heavy (non-hydrogen) atoms. The van der Waals surface area contributed by atoms with Gasteiger partial charge in [0.15, 0.2) is 0 Å². The first-order chi connectivity index (χ1) is 11.0. The van der Waals surface area contributed by atoms with Gasteiger partial charge in [0.2, 0.25) is 5.91 Å². The maximum Gasteiger partial charge on any atom is 0.251 e. The van der Waals surface area contributed by atoms with E-state index in [1.54, 1.807) is 19.2 Å². The monoisotopic (exact) mass is 334 g/mol. The van der Waals surface area contributed by atoms with Crippen LogP contribution in [-0.2, 0) is 11.3 Å². The molecule has 0 aromatic heterocycles. The first-order valence-electron chi connectivity index (χ1n) is 6.98. The minimum Gasteiger partial charge on any atom is -0.343 e. The Balaban J connectivity index is 1.86. The molecule has 2 aromatic carbocycles. The van der Waals surface area contributed by atoms with E-state index in [0.717, 1.165) is 11.6 Å². The minimum atomic E-state index is -0.496. The Kier molecular flexibility index (Phi) is 5.71. The average molecular weight is 335 g/mol. The molecule has 0 spiro atoms. The molecular weight excluding hydrogens is 319 g/mol. The maximum atomic E-state index is 13.1. The van der Waals surface area contributed by atoms with Crippen LogP contribution >= 0.6 is 11.6 Å². The minimum absolute atomic E-state index is 0.153. The van der Waals surface area contributed by atoms with Crippen molar-refractivity contribution >= 4 is 23.4 Å². The first kappa shape index (κ1) is 17.0. The lowest BCUT2D eigenvalue weighted by molar-refractivity contribution is -0.129. The molecule has 4 nitrogen and oxygen atoms in total. The van der Waals surface area contributed by atoms with E-state index in [1.165, 1.54) is 23.1 Å². The van der Waals surface area contributed by atoms with Gasteiger partial charge in [0.1, 0.15) is 5.82 Å². The molecule has 0 aliphatic heterocycles. The van der Waals surface area contributed by atoms with Crippen molar-refractivity contribution in [2.45, 2.75) is 6.54 Å². The Hall–Kier alpha value is -2.40. The molecule has 0 saturated carbocycles. The topological polar surface area (TPSA) is 49.4 Å². The van der Waals surface area contributed by atoms with E-state index in [9.17, 15) is 14.0 Å². The van der Waals surface area contributed by atoms with Gasteiger partial charge >= 0.3 is 0 Å². The summed E-state index contributed by atoms with van der Waals surface area (Å²) in [5.41, 5.74) is 1.11. The molecule has 0 radical (unpaired) electrons. The number of amides is 2. The summed E-state index contributed by atoms with van der Waals surface area (Å²) >= 11 is 5.81. The van der Waals surface area contributed by atoms with E-state index in [2.05, 4.69) is 5.32 Å². The molecule has 0 bridgehead atoms. The molecule has 2 amide bonds. The summed E-state index contributed by atoms with van der Waals surface area (Å²) in [5.74, 6) is -1.23. The van der Waals surface area contributed by atoms with E-state index < -0.39 is 11.7 Å². The number of benzene rings is 2. The van der Waals surface area contributed by atoms with Gasteiger partial charge in [-0.1, -0.05) is 29.8 Å². The van der Waals surface area contributed by atoms with Crippen LogP contribution in [0.15, 0.2) is 48.5 Å². The van der Waals surface area contributed by atoms with Gasteiger partial charge in [-0.2, -0.15) is 0 Å². The van der Waals surface area contributed by atoms with Crippen LogP contribution in [0.2, 0.25) is 5.02 Å². The third-order valence-corrected chi connectivity index (χ3v) is 3.50. The fraction of sp³-hybridized carbons (Fsp3) is 0.176. The zero-order chi connectivity index (χ0) is 16.8. The van der Waals surface area contributed by atoms with Crippen molar-refractivity contribution in [1.29, 1.82) is 0 Å². The number of nitrogens with one attached hydrogen (secondary N) is 1. The van der Waals surface area contributed by atoms with E-state index in [1.807, 2.05) is 12.1 Å². The molecule has 0 unspecified atom stereocenters. The molecule has 2 rings (SSSR count). The largest absolute Gasteiger partial charge is 0.343 e. The predicted octanol–water partition coefficient (Wildman–Crippen LogP) is 2.87. The normalized spacial score (nSPS) is 10.2. The van der Waals surface area contributed by atoms with Crippen LogP contribution in [0.25, 0.3) is 0 Å². The smallest absolute Gasteiger partial charge is 0.251 e. The second-order valence-corrected chi connectivity index (χ2v) is 5.51. The standard InChI is InChI=1S/C17H16ClFN2O2/c1-21(11-12-5-7-14(18)8-6-12)16(22)10-20-17(23)13-3-2-4-15(19)9-13/h2-9H,10-11H2,1H3,(H,20,23). The van der Waals surface area contributed by atoms with Gasteiger partial charge in [0, 0.05) is 24.2 Å². The zero-order valence-electron chi connectivity index (χ0n) is 12.6. The number of nitrogens with zero attached hydrogens (tertiary/aromatic N) is 1. The Morgan fingerprint density at radius 3 is 2.52 bits per heavy atom. The van der Waals surface area contributed by atoms with Gasteiger partial charge in [-0.3, -0.25) is 9.59 Å². The van der Waals surface area contributed by atoms with Crippen LogP contribution in [0.4, 0.5) is 4.39 Å². The summed E-state index contributed by atoms with van der Waals surface area (Å²) < 4.78 is 13.1. The van der Waals surface area contributed by atoms with Crippen LogP contribution < -0.4 is 5.32 Å². The number of rotatable bonds is 5. The third-order valence-electron chi connectivity index (χ3n) is 3.25. The van der Waals surface area contributed by atoms with Crippen LogP contribution in [0.5, 0.6) is 0 Å². The summed E-state index contributed by atoms with van der Waals surface area (Å²) in [4.78, 5) is 25.4. The molecule has 0 atom stereocenters. The van der Waals surface area contributed by atoms with Crippen molar-refractivity contribution < 1.29 is 14.0 Å². The van der Waals surface area contributed by atoms with Crippen LogP contribution in [-0.4, -0.2) is 30.3 Å². The fourth-order valence-corrected chi connectivity index (χ4v) is 2.10. The number of carbonyl (C=O) groups is 2. The van der Waals surface area contributed by atoms with Crippen LogP contribution in [0.1, 0.15) is 15.9 Å². The number of hydrogen-bond donors (Lipinski definition) is 1. The van der Waals surface area contributed by atoms with E-state index >= 15 is 0 Å². The Labute approximate surface area is 138 Å². The number of hydrogen-bond acceptors (Lipinski definition) is 2. The molecule has 120 valence electrons. The van der Waals surface area contributed by atoms with Gasteiger partial charge in [-0.25, -0.2) is 4.39 Å². The second-order valence-electron chi connectivity index (χ2n) is 5.07. The lowest BCUT2D eigenvalue weighted by atomic mass is 10.2. The second kappa shape index (κ2) is 7.74. The summed E-state index contributed by atoms with van der Waals surface area (Å²) in [6.07, 6.45) is 0. The molecule has 1 N–H and O–H groups in total. The quantitative estimate of drug-likeness (QED) is 0.914. The molecule has 0 aliphatic rings. The van der Waals surface area contributed by atoms with Crippen molar-refractivity contribution in [3.8, 4) is 0 Å². The number of likely N-dealkylation sites (N-methyl/N-ethyl adjacent to an activating group) is 1. The molecule has 0 aliphatic carbocycles. The van der Waals surface area contributed by atoms with Gasteiger partial charge in [0.05, 0.1) is 6.54 Å². The SMILES string of the molecule is CN(Cc1ccc(Cl)cc1)C(=O)CNC(=O)c1cccc(F)c1. The highest BCUT2D eigenvalue weighted by Crippen LogP contribution is 2.11. The van der Waals surface area contributed by atoms with Crippen molar-refractivity contribution in [1.82, 2.24) is 10.2 Å². The van der Waals surface area contributed by atoms with E-state index in [4.69, 9.17) is 11.6 Å². The fourth-order valence-electron chi connectivity index (χ4n) is 1.97. The molecule has 6 heteroatoms. The van der Waals surface area contributed by atoms with Crippen molar-refractivity contribution in [2.24, 2.45) is 0 Å². The predicted molar refractivity (Wildman–Crippen MR) is 86.7 cm³/mol. The van der Waals surface area contributed by atoms with Crippen molar-refractivity contribution in [3.05, 3.63) is 70.5 Å². The zero-order valence-corrected chi connectivity index (χ0v) is 13.3. The van der Waals surface area contributed by atoms with Crippen LogP contribution in [0.3, 0.4) is 0 Å². The van der Waals surface area contributed by atoms with E-state index in [0.29, 0.717) is 11.6 Å². The molecular formula is C17H16ClFN2O2. The van der Waals surface area contributed by atoms with E-state index in [-0.39, 0.29) is 18.0 Å². The van der Waals surface area contributed by atoms with Gasteiger partial charge < -0.3 is 10.2 Å². The summed E-state index contributed by atoms with van der Waals surface area (Å²) in [6, 6.07) is 12.5. The molecule has 0 saturated heterocycles. The van der Waals surface area contributed by atoms with Gasteiger partial charge in [-0.15, -0.1) is 0 Å². The lowest BCUT2D eigenvalue weighted by Gasteiger charge is -2.17. The number of carbonyl (C=O) groups excluding carboxylic acids is 2. The molecule has 0 heterocycles. The first-order valence-corrected chi connectivity index (χ1v) is 7.35. The third kappa shape index (κ3) is 5.07. The summed E-state index contributed by atoms with van der Waals surface area (Å²) in [6.45, 7) is 0.255. The van der Waals surface area contributed by atoms with Gasteiger partial charge in [-0.05, 0) is 35.9 Å². The average Bonchev–Trinajstić information content (AvgIpc) is 2.54.